The summed E-state index contributed by atoms with van der Waals surface area (Å²) >= 11 is 3.69. The molecule has 1 aliphatic carbocycles. The summed E-state index contributed by atoms with van der Waals surface area (Å²) in [4.78, 5) is 19.5. The lowest BCUT2D eigenvalue weighted by molar-refractivity contribution is 0.141. The van der Waals surface area contributed by atoms with Crippen molar-refractivity contribution in [2.75, 3.05) is 23.3 Å². The molecule has 0 bridgehead atoms. The van der Waals surface area contributed by atoms with Crippen LogP contribution in [0.1, 0.15) is 25.5 Å². The van der Waals surface area contributed by atoms with E-state index in [1.807, 2.05) is 10.7 Å². The van der Waals surface area contributed by atoms with Crippen LogP contribution in [0, 0.1) is 5.92 Å². The third kappa shape index (κ3) is 3.32. The molecule has 4 aromatic heterocycles. The third-order valence-electron chi connectivity index (χ3n) is 5.90. The quantitative estimate of drug-likeness (QED) is 0.382. The second-order valence-electron chi connectivity index (χ2n) is 8.33. The van der Waals surface area contributed by atoms with Gasteiger partial charge in [0.15, 0.2) is 5.65 Å². The van der Waals surface area contributed by atoms with Gasteiger partial charge in [-0.15, -0.1) is 5.10 Å². The third-order valence-corrected chi connectivity index (χ3v) is 6.77. The predicted molar refractivity (Wildman–Crippen MR) is 121 cm³/mol. The first-order chi connectivity index (χ1) is 15.1. The van der Waals surface area contributed by atoms with Crippen molar-refractivity contribution in [3.05, 3.63) is 22.4 Å². The number of pyridine rings is 1. The number of fused-ring (bicyclic) bond motifs is 2. The lowest BCUT2D eigenvalue weighted by Crippen LogP contribution is -2.51. The largest absolute Gasteiger partial charge is 0.389 e. The van der Waals surface area contributed by atoms with Gasteiger partial charge < -0.3 is 20.3 Å². The molecular weight excluding hydrogens is 462 g/mol. The average molecular weight is 484 g/mol. The van der Waals surface area contributed by atoms with Gasteiger partial charge >= 0.3 is 0 Å². The van der Waals surface area contributed by atoms with E-state index in [-0.39, 0.29) is 6.10 Å². The van der Waals surface area contributed by atoms with Gasteiger partial charge in [-0.05, 0) is 47.2 Å². The molecule has 1 aliphatic heterocycles. The molecule has 3 N–H and O–H groups in total. The molecule has 160 valence electrons. The van der Waals surface area contributed by atoms with Crippen molar-refractivity contribution in [3.63, 3.8) is 0 Å². The van der Waals surface area contributed by atoms with Crippen LogP contribution in [-0.2, 0) is 13.0 Å². The molecule has 2 aliphatic rings. The molecule has 2 fully saturated rings. The molecule has 0 spiro atoms. The Kier molecular flexibility index (Phi) is 4.35. The Morgan fingerprint density at radius 1 is 1.29 bits per heavy atom. The monoisotopic (exact) mass is 483 g/mol. The topological polar surface area (TPSA) is 121 Å². The highest BCUT2D eigenvalue weighted by molar-refractivity contribution is 9.10. The van der Waals surface area contributed by atoms with E-state index >= 15 is 0 Å². The van der Waals surface area contributed by atoms with E-state index in [1.54, 1.807) is 6.20 Å². The molecule has 1 saturated heterocycles. The highest BCUT2D eigenvalue weighted by atomic mass is 79.9. The van der Waals surface area contributed by atoms with E-state index in [2.05, 4.69) is 58.3 Å². The van der Waals surface area contributed by atoms with Crippen molar-refractivity contribution in [3.8, 4) is 0 Å². The van der Waals surface area contributed by atoms with Crippen molar-refractivity contribution < 1.29 is 5.11 Å². The number of anilines is 3. The van der Waals surface area contributed by atoms with E-state index < -0.39 is 0 Å². The van der Waals surface area contributed by atoms with Crippen LogP contribution in [0.3, 0.4) is 0 Å². The molecule has 31 heavy (non-hydrogen) atoms. The van der Waals surface area contributed by atoms with Crippen LogP contribution in [0.2, 0.25) is 0 Å². The Morgan fingerprint density at radius 2 is 2.13 bits per heavy atom. The van der Waals surface area contributed by atoms with Crippen molar-refractivity contribution in [1.82, 2.24) is 34.9 Å². The maximum absolute atomic E-state index is 9.79. The van der Waals surface area contributed by atoms with Gasteiger partial charge in [-0.1, -0.05) is 12.1 Å². The van der Waals surface area contributed by atoms with Crippen LogP contribution in [0.15, 0.2) is 16.7 Å². The van der Waals surface area contributed by atoms with Crippen molar-refractivity contribution in [1.29, 1.82) is 0 Å². The van der Waals surface area contributed by atoms with E-state index in [9.17, 15) is 5.11 Å². The van der Waals surface area contributed by atoms with Gasteiger partial charge in [-0.2, -0.15) is 9.97 Å². The number of aromatic nitrogens is 7. The first-order valence-electron chi connectivity index (χ1n) is 10.6. The summed E-state index contributed by atoms with van der Waals surface area (Å²) in [7, 11) is 0. The van der Waals surface area contributed by atoms with Crippen molar-refractivity contribution >= 4 is 55.6 Å². The molecule has 1 saturated carbocycles. The number of nitrogens with zero attached hydrogens (tertiary/aromatic N) is 7. The molecule has 0 radical (unpaired) electrons. The Labute approximate surface area is 186 Å². The molecule has 10 nitrogen and oxygen atoms in total. The van der Waals surface area contributed by atoms with Gasteiger partial charge in [0.1, 0.15) is 17.0 Å². The number of H-pyrrole nitrogens is 1. The number of β-amino-alcohol motifs (C(OH)–C–C–N with tert-alkyl or cyclic N) is 1. The average Bonchev–Trinajstić information content (AvgIpc) is 3.38. The Morgan fingerprint density at radius 3 is 2.87 bits per heavy atom. The fourth-order valence-corrected chi connectivity index (χ4v) is 4.72. The van der Waals surface area contributed by atoms with Crippen LogP contribution < -0.4 is 10.2 Å². The molecule has 0 amide bonds. The van der Waals surface area contributed by atoms with Gasteiger partial charge in [0.2, 0.25) is 5.95 Å². The molecule has 0 aromatic carbocycles. The van der Waals surface area contributed by atoms with E-state index in [0.29, 0.717) is 25.0 Å². The fraction of sp³-hybridized carbons (Fsp3) is 0.450. The number of aliphatic hydroxyl groups is 1. The summed E-state index contributed by atoms with van der Waals surface area (Å²) in [6.07, 6.45) is 4.79. The van der Waals surface area contributed by atoms with E-state index in [4.69, 9.17) is 4.98 Å². The second-order valence-corrected chi connectivity index (χ2v) is 9.12. The standard InChI is InChI=1S/C20H22BrN9O/c1-2-13-16(21)15-17(24-13)25-20(26-19(15)29-8-12(31)9-29)23-11-5-14-18(22-6-11)30(28-27-14)7-10-3-4-10/h5-6,10,12,31H,2-4,7-9H2,1H3,(H2,23,24,25,26). The van der Waals surface area contributed by atoms with Crippen LogP contribution >= 0.6 is 15.9 Å². The minimum Gasteiger partial charge on any atom is -0.389 e. The maximum Gasteiger partial charge on any atom is 0.231 e. The summed E-state index contributed by atoms with van der Waals surface area (Å²) in [6, 6.07) is 1.92. The maximum atomic E-state index is 9.79. The van der Waals surface area contributed by atoms with Gasteiger partial charge in [-0.25, -0.2) is 9.67 Å². The number of hydrogen-bond donors (Lipinski definition) is 3. The molecule has 5 heterocycles. The number of aryl methyl sites for hydroxylation is 1. The highest BCUT2D eigenvalue weighted by Gasteiger charge is 2.30. The van der Waals surface area contributed by atoms with Gasteiger partial charge in [0.25, 0.3) is 0 Å². The molecule has 0 unspecified atom stereocenters. The fourth-order valence-electron chi connectivity index (χ4n) is 3.98. The highest BCUT2D eigenvalue weighted by Crippen LogP contribution is 2.37. The van der Waals surface area contributed by atoms with Crippen molar-refractivity contribution in [2.45, 2.75) is 38.8 Å². The predicted octanol–water partition coefficient (Wildman–Crippen LogP) is 2.76. The first kappa shape index (κ1) is 18.9. The lowest BCUT2D eigenvalue weighted by atomic mass is 10.1. The van der Waals surface area contributed by atoms with Gasteiger partial charge in [0, 0.05) is 25.3 Å². The van der Waals surface area contributed by atoms with Gasteiger partial charge in [-0.3, -0.25) is 0 Å². The molecule has 0 atom stereocenters. The summed E-state index contributed by atoms with van der Waals surface area (Å²) < 4.78 is 2.86. The summed E-state index contributed by atoms with van der Waals surface area (Å²) in [5.74, 6) is 1.97. The molecule has 4 aromatic rings. The van der Waals surface area contributed by atoms with Crippen LogP contribution in [0.5, 0.6) is 0 Å². The van der Waals surface area contributed by atoms with Gasteiger partial charge in [0.05, 0.1) is 27.8 Å². The Bertz CT molecular complexity index is 1290. The molecular formula is C20H22BrN9O. The minimum absolute atomic E-state index is 0.324. The number of aliphatic hydroxyl groups excluding tert-OH is 1. The van der Waals surface area contributed by atoms with E-state index in [1.165, 1.54) is 12.8 Å². The number of rotatable bonds is 6. The minimum atomic E-state index is -0.324. The molecule has 11 heteroatoms. The van der Waals surface area contributed by atoms with Crippen LogP contribution in [-0.4, -0.2) is 59.2 Å². The zero-order valence-corrected chi connectivity index (χ0v) is 18.6. The molecule has 6 rings (SSSR count). The summed E-state index contributed by atoms with van der Waals surface area (Å²) in [5, 5.41) is 22.5. The Hall–Kier alpha value is -2.79. The Balaban J connectivity index is 1.36. The number of halogens is 1. The number of hydrogen-bond acceptors (Lipinski definition) is 8. The first-order valence-corrected chi connectivity index (χ1v) is 11.4. The van der Waals surface area contributed by atoms with Crippen molar-refractivity contribution in [2.24, 2.45) is 5.92 Å². The van der Waals surface area contributed by atoms with Crippen LogP contribution in [0.25, 0.3) is 22.2 Å². The number of nitrogens with one attached hydrogen (secondary N) is 2. The van der Waals surface area contributed by atoms with Crippen LogP contribution in [0.4, 0.5) is 17.5 Å². The summed E-state index contributed by atoms with van der Waals surface area (Å²) in [5.41, 5.74) is 4.11. The second kappa shape index (κ2) is 7.13. The lowest BCUT2D eigenvalue weighted by Gasteiger charge is -2.37. The number of aromatic amines is 1. The normalized spacial score (nSPS) is 16.9. The SMILES string of the molecule is CCc1[nH]c2nc(Nc3cnc4c(c3)nnn4CC3CC3)nc(N3CC(O)C3)c2c1Br. The smallest absolute Gasteiger partial charge is 0.231 e. The zero-order chi connectivity index (χ0) is 21.1. The zero-order valence-electron chi connectivity index (χ0n) is 17.0. The van der Waals surface area contributed by atoms with E-state index in [0.717, 1.165) is 56.8 Å². The summed E-state index contributed by atoms with van der Waals surface area (Å²) in [6.45, 7) is 4.08.